The fourth-order valence-corrected chi connectivity index (χ4v) is 2.16. The lowest BCUT2D eigenvalue weighted by atomic mass is 9.97. The number of hydrogen-bond acceptors (Lipinski definition) is 2. The van der Waals surface area contributed by atoms with E-state index in [4.69, 9.17) is 4.74 Å². The summed E-state index contributed by atoms with van der Waals surface area (Å²) in [5.74, 6) is 0.960. The number of hydrogen-bond donors (Lipinski definition) is 1. The summed E-state index contributed by atoms with van der Waals surface area (Å²) in [5, 5.41) is 3.43. The van der Waals surface area contributed by atoms with Crippen LogP contribution in [0.3, 0.4) is 0 Å². The van der Waals surface area contributed by atoms with E-state index in [1.54, 1.807) is 0 Å². The minimum atomic E-state index is 0.124. The molecular formula is C10H19NO. The molecule has 70 valence electrons. The topological polar surface area (TPSA) is 21.3 Å². The Labute approximate surface area is 74.7 Å². The third-order valence-electron chi connectivity index (χ3n) is 2.83. The lowest BCUT2D eigenvalue weighted by Crippen LogP contribution is -2.51. The van der Waals surface area contributed by atoms with E-state index in [1.807, 2.05) is 0 Å². The van der Waals surface area contributed by atoms with Crippen molar-refractivity contribution in [3.63, 3.8) is 0 Å². The van der Waals surface area contributed by atoms with E-state index >= 15 is 0 Å². The molecule has 0 aromatic rings. The molecule has 0 aromatic heterocycles. The Balaban J connectivity index is 1.88. The first kappa shape index (κ1) is 8.52. The summed E-state index contributed by atoms with van der Waals surface area (Å²) in [6.45, 7) is 6.44. The van der Waals surface area contributed by atoms with Crippen molar-refractivity contribution in [1.82, 2.24) is 5.32 Å². The van der Waals surface area contributed by atoms with Crippen LogP contribution < -0.4 is 5.32 Å². The molecule has 2 heteroatoms. The van der Waals surface area contributed by atoms with E-state index in [-0.39, 0.29) is 5.60 Å². The van der Waals surface area contributed by atoms with Crippen molar-refractivity contribution in [2.75, 3.05) is 13.1 Å². The zero-order chi connectivity index (χ0) is 8.60. The van der Waals surface area contributed by atoms with Crippen molar-refractivity contribution in [3.05, 3.63) is 0 Å². The van der Waals surface area contributed by atoms with Gasteiger partial charge in [0.1, 0.15) is 0 Å². The highest BCUT2D eigenvalue weighted by Gasteiger charge is 2.36. The standard InChI is InChI=1S/C10H19NO/c1-8-6-11-7-10(2,12-8)5-9-3-4-9/h8-9,11H,3-7H2,1-2H3. The third kappa shape index (κ3) is 1.99. The summed E-state index contributed by atoms with van der Waals surface area (Å²) >= 11 is 0. The lowest BCUT2D eigenvalue weighted by Gasteiger charge is -2.38. The van der Waals surface area contributed by atoms with Gasteiger partial charge < -0.3 is 10.1 Å². The Bertz CT molecular complexity index is 163. The molecule has 1 saturated carbocycles. The molecule has 0 bridgehead atoms. The Morgan fingerprint density at radius 2 is 2.25 bits per heavy atom. The van der Waals surface area contributed by atoms with Gasteiger partial charge in [-0.1, -0.05) is 12.8 Å². The molecule has 1 saturated heterocycles. The quantitative estimate of drug-likeness (QED) is 0.677. The van der Waals surface area contributed by atoms with Crippen molar-refractivity contribution < 1.29 is 4.74 Å². The average Bonchev–Trinajstić information content (AvgIpc) is 2.69. The second-order valence-electron chi connectivity index (χ2n) is 4.66. The SMILES string of the molecule is CC1CNCC(C)(CC2CC2)O1. The van der Waals surface area contributed by atoms with Crippen molar-refractivity contribution in [1.29, 1.82) is 0 Å². The van der Waals surface area contributed by atoms with Gasteiger partial charge in [-0.3, -0.25) is 0 Å². The highest BCUT2D eigenvalue weighted by molar-refractivity contribution is 4.90. The fraction of sp³-hybridized carbons (Fsp3) is 1.00. The molecule has 0 spiro atoms. The Hall–Kier alpha value is -0.0800. The van der Waals surface area contributed by atoms with Gasteiger partial charge in [-0.25, -0.2) is 0 Å². The van der Waals surface area contributed by atoms with Crippen LogP contribution in [0.25, 0.3) is 0 Å². The van der Waals surface area contributed by atoms with E-state index in [0.717, 1.165) is 19.0 Å². The maximum Gasteiger partial charge on any atom is 0.0785 e. The highest BCUT2D eigenvalue weighted by atomic mass is 16.5. The minimum absolute atomic E-state index is 0.124. The first-order valence-corrected chi connectivity index (χ1v) is 5.06. The fourth-order valence-electron chi connectivity index (χ4n) is 2.16. The van der Waals surface area contributed by atoms with Crippen molar-refractivity contribution in [3.8, 4) is 0 Å². The van der Waals surface area contributed by atoms with Gasteiger partial charge in [0.25, 0.3) is 0 Å². The Morgan fingerprint density at radius 3 is 2.83 bits per heavy atom. The maximum absolute atomic E-state index is 5.96. The molecule has 2 nitrogen and oxygen atoms in total. The monoisotopic (exact) mass is 169 g/mol. The van der Waals surface area contributed by atoms with Crippen LogP contribution in [-0.4, -0.2) is 24.8 Å². The van der Waals surface area contributed by atoms with Crippen LogP contribution in [0, 0.1) is 5.92 Å². The van der Waals surface area contributed by atoms with Gasteiger partial charge in [0.2, 0.25) is 0 Å². The molecule has 2 fully saturated rings. The molecule has 12 heavy (non-hydrogen) atoms. The molecule has 1 N–H and O–H groups in total. The van der Waals surface area contributed by atoms with E-state index in [1.165, 1.54) is 19.3 Å². The third-order valence-corrected chi connectivity index (χ3v) is 2.83. The summed E-state index contributed by atoms with van der Waals surface area (Å²) in [7, 11) is 0. The van der Waals surface area contributed by atoms with E-state index in [0.29, 0.717) is 6.10 Å². The van der Waals surface area contributed by atoms with Crippen LogP contribution in [0.15, 0.2) is 0 Å². The summed E-state index contributed by atoms with van der Waals surface area (Å²) in [4.78, 5) is 0. The molecule has 0 amide bonds. The highest BCUT2D eigenvalue weighted by Crippen LogP contribution is 2.38. The van der Waals surface area contributed by atoms with Crippen LogP contribution in [0.4, 0.5) is 0 Å². The molecule has 2 aliphatic rings. The maximum atomic E-state index is 5.96. The van der Waals surface area contributed by atoms with Gasteiger partial charge in [-0.2, -0.15) is 0 Å². The summed E-state index contributed by atoms with van der Waals surface area (Å²) in [6.07, 6.45) is 4.49. The van der Waals surface area contributed by atoms with Crippen molar-refractivity contribution in [2.45, 2.75) is 44.8 Å². The minimum Gasteiger partial charge on any atom is -0.370 e. The molecule has 1 aliphatic carbocycles. The zero-order valence-corrected chi connectivity index (χ0v) is 8.10. The average molecular weight is 169 g/mol. The number of ether oxygens (including phenoxy) is 1. The van der Waals surface area contributed by atoms with Crippen LogP contribution >= 0.6 is 0 Å². The smallest absolute Gasteiger partial charge is 0.0785 e. The zero-order valence-electron chi connectivity index (χ0n) is 8.10. The van der Waals surface area contributed by atoms with Gasteiger partial charge in [0.15, 0.2) is 0 Å². The van der Waals surface area contributed by atoms with Crippen LogP contribution in [0.2, 0.25) is 0 Å². The number of nitrogens with one attached hydrogen (secondary N) is 1. The lowest BCUT2D eigenvalue weighted by molar-refractivity contribution is -0.104. The molecule has 1 aliphatic heterocycles. The molecule has 1 heterocycles. The first-order chi connectivity index (χ1) is 5.68. The molecule has 0 aromatic carbocycles. The normalized spacial score (nSPS) is 43.0. The Morgan fingerprint density at radius 1 is 1.50 bits per heavy atom. The number of rotatable bonds is 2. The first-order valence-electron chi connectivity index (χ1n) is 5.06. The summed E-state index contributed by atoms with van der Waals surface area (Å²) in [6, 6.07) is 0. The molecule has 2 atom stereocenters. The van der Waals surface area contributed by atoms with Crippen LogP contribution in [-0.2, 0) is 4.74 Å². The van der Waals surface area contributed by atoms with Gasteiger partial charge in [-0.15, -0.1) is 0 Å². The largest absolute Gasteiger partial charge is 0.370 e. The molecule has 2 rings (SSSR count). The second-order valence-corrected chi connectivity index (χ2v) is 4.66. The van der Waals surface area contributed by atoms with Crippen molar-refractivity contribution >= 4 is 0 Å². The summed E-state index contributed by atoms with van der Waals surface area (Å²) in [5.41, 5.74) is 0.124. The van der Waals surface area contributed by atoms with Gasteiger partial charge in [-0.05, 0) is 26.2 Å². The van der Waals surface area contributed by atoms with Gasteiger partial charge >= 0.3 is 0 Å². The van der Waals surface area contributed by atoms with Crippen LogP contribution in [0.1, 0.15) is 33.1 Å². The summed E-state index contributed by atoms with van der Waals surface area (Å²) < 4.78 is 5.96. The Kier molecular flexibility index (Phi) is 2.13. The van der Waals surface area contributed by atoms with Crippen molar-refractivity contribution in [2.24, 2.45) is 5.92 Å². The molecular weight excluding hydrogens is 150 g/mol. The predicted molar refractivity (Wildman–Crippen MR) is 49.2 cm³/mol. The molecule has 0 radical (unpaired) electrons. The van der Waals surface area contributed by atoms with Crippen LogP contribution in [0.5, 0.6) is 0 Å². The van der Waals surface area contributed by atoms with Gasteiger partial charge in [0.05, 0.1) is 11.7 Å². The van der Waals surface area contributed by atoms with E-state index in [2.05, 4.69) is 19.2 Å². The predicted octanol–water partition coefficient (Wildman–Crippen LogP) is 1.55. The number of morpholine rings is 1. The van der Waals surface area contributed by atoms with Gasteiger partial charge in [0, 0.05) is 13.1 Å². The molecule has 2 unspecified atom stereocenters. The van der Waals surface area contributed by atoms with E-state index < -0.39 is 0 Å². The van der Waals surface area contributed by atoms with E-state index in [9.17, 15) is 0 Å². The second kappa shape index (κ2) is 3.00.